The summed E-state index contributed by atoms with van der Waals surface area (Å²) < 4.78 is 27.7. The maximum atomic E-state index is 13.3. The van der Waals surface area contributed by atoms with E-state index in [1.807, 2.05) is 30.3 Å². The van der Waals surface area contributed by atoms with Gasteiger partial charge in [-0.15, -0.1) is 0 Å². The Kier molecular flexibility index (Phi) is 6.86. The van der Waals surface area contributed by atoms with E-state index in [0.29, 0.717) is 5.71 Å². The van der Waals surface area contributed by atoms with Gasteiger partial charge in [-0.05, 0) is 30.2 Å². The van der Waals surface area contributed by atoms with Crippen molar-refractivity contribution >= 4 is 21.6 Å². The second-order valence-electron chi connectivity index (χ2n) is 7.09. The average molecular weight is 432 g/mol. The first-order valence-corrected chi connectivity index (χ1v) is 11.0. The van der Waals surface area contributed by atoms with E-state index in [1.54, 1.807) is 12.1 Å². The molecule has 2 aromatic carbocycles. The Morgan fingerprint density at radius 3 is 2.43 bits per heavy atom. The molecule has 2 atom stereocenters. The van der Waals surface area contributed by atoms with Crippen molar-refractivity contribution in [3.05, 3.63) is 54.6 Å². The molecular formula is C21H25N3O5S. The number of hydrogen-bond acceptors (Lipinski definition) is 6. The van der Waals surface area contributed by atoms with Gasteiger partial charge in [0.2, 0.25) is 15.9 Å². The summed E-state index contributed by atoms with van der Waals surface area (Å²) >= 11 is 0. The molecule has 0 aliphatic carbocycles. The molecule has 1 saturated heterocycles. The van der Waals surface area contributed by atoms with Gasteiger partial charge in [0.05, 0.1) is 23.3 Å². The van der Waals surface area contributed by atoms with Crippen molar-refractivity contribution in [1.82, 2.24) is 9.62 Å². The largest absolute Gasteiger partial charge is 0.399 e. The van der Waals surface area contributed by atoms with Crippen LogP contribution in [-0.4, -0.2) is 61.8 Å². The fourth-order valence-corrected chi connectivity index (χ4v) is 4.88. The van der Waals surface area contributed by atoms with Gasteiger partial charge in [0, 0.05) is 13.0 Å². The number of oxime groups is 1. The lowest BCUT2D eigenvalue weighted by Gasteiger charge is -2.23. The maximum absolute atomic E-state index is 13.3. The van der Waals surface area contributed by atoms with E-state index in [9.17, 15) is 18.3 Å². The van der Waals surface area contributed by atoms with Gasteiger partial charge in [0.1, 0.15) is 13.2 Å². The molecule has 0 saturated carbocycles. The first kappa shape index (κ1) is 21.9. The monoisotopic (exact) mass is 431 g/mol. The van der Waals surface area contributed by atoms with Gasteiger partial charge in [-0.3, -0.25) is 4.79 Å². The minimum atomic E-state index is -3.95. The van der Waals surface area contributed by atoms with E-state index in [4.69, 9.17) is 4.84 Å². The molecule has 0 bridgehead atoms. The van der Waals surface area contributed by atoms with E-state index in [0.717, 1.165) is 15.4 Å². The van der Waals surface area contributed by atoms with Crippen molar-refractivity contribution in [3.8, 4) is 11.1 Å². The van der Waals surface area contributed by atoms with Gasteiger partial charge in [-0.2, -0.15) is 4.31 Å². The third-order valence-electron chi connectivity index (χ3n) is 4.78. The zero-order chi connectivity index (χ0) is 21.7. The Labute approximate surface area is 176 Å². The van der Waals surface area contributed by atoms with Gasteiger partial charge >= 0.3 is 0 Å². The zero-order valence-electron chi connectivity index (χ0n) is 16.9. The number of carbonyl (C=O) groups excluding carboxylic acids is 1. The van der Waals surface area contributed by atoms with Crippen molar-refractivity contribution in [3.63, 3.8) is 0 Å². The molecular weight excluding hydrogens is 406 g/mol. The number of hydrogen-bond donors (Lipinski definition) is 2. The maximum Gasteiger partial charge on any atom is 0.244 e. The van der Waals surface area contributed by atoms with Gasteiger partial charge < -0.3 is 15.3 Å². The first-order chi connectivity index (χ1) is 14.3. The summed E-state index contributed by atoms with van der Waals surface area (Å²) in [5, 5.41) is 15.8. The number of aliphatic hydroxyl groups is 1. The third-order valence-corrected chi connectivity index (χ3v) is 6.65. The van der Waals surface area contributed by atoms with Gasteiger partial charge in [-0.1, -0.05) is 47.6 Å². The number of carbonyl (C=O) groups is 1. The number of nitrogens with one attached hydrogen (secondary N) is 1. The summed E-state index contributed by atoms with van der Waals surface area (Å²) in [6.45, 7) is 1.53. The first-order valence-electron chi connectivity index (χ1n) is 9.55. The molecule has 0 unspecified atom stereocenters. The zero-order valence-corrected chi connectivity index (χ0v) is 17.7. The Hall–Kier alpha value is -2.75. The molecule has 0 aromatic heterocycles. The highest BCUT2D eigenvalue weighted by molar-refractivity contribution is 7.89. The van der Waals surface area contributed by atoms with Crippen LogP contribution in [0.4, 0.5) is 0 Å². The van der Waals surface area contributed by atoms with Gasteiger partial charge in [0.15, 0.2) is 0 Å². The van der Waals surface area contributed by atoms with Crippen molar-refractivity contribution < 1.29 is 23.2 Å². The van der Waals surface area contributed by atoms with E-state index in [1.165, 1.54) is 26.2 Å². The predicted molar refractivity (Wildman–Crippen MR) is 113 cm³/mol. The van der Waals surface area contributed by atoms with Crippen LogP contribution in [0.2, 0.25) is 0 Å². The van der Waals surface area contributed by atoms with Crippen molar-refractivity contribution in [1.29, 1.82) is 0 Å². The van der Waals surface area contributed by atoms with Crippen molar-refractivity contribution in [2.75, 3.05) is 20.2 Å². The average Bonchev–Trinajstić information content (AvgIpc) is 3.18. The second-order valence-corrected chi connectivity index (χ2v) is 8.99. The molecule has 2 N–H and O–H groups in total. The normalized spacial score (nSPS) is 19.6. The van der Waals surface area contributed by atoms with Crippen LogP contribution in [0, 0.1) is 0 Å². The topological polar surface area (TPSA) is 108 Å². The van der Waals surface area contributed by atoms with E-state index >= 15 is 0 Å². The Bertz CT molecular complexity index is 1000. The minimum absolute atomic E-state index is 0.0335. The van der Waals surface area contributed by atoms with Gasteiger partial charge in [-0.25, -0.2) is 8.42 Å². The molecule has 0 radical (unpaired) electrons. The number of sulfonamides is 1. The molecule has 1 amide bonds. The molecule has 8 nitrogen and oxygen atoms in total. The molecule has 9 heteroatoms. The second kappa shape index (κ2) is 9.38. The van der Waals surface area contributed by atoms with Crippen molar-refractivity contribution in [2.45, 2.75) is 30.4 Å². The number of amides is 1. The number of aliphatic hydroxyl groups excluding tert-OH is 1. The van der Waals surface area contributed by atoms with Crippen LogP contribution in [0.15, 0.2) is 64.6 Å². The molecule has 1 aliphatic rings. The Morgan fingerprint density at radius 1 is 1.20 bits per heavy atom. The van der Waals surface area contributed by atoms with Crippen molar-refractivity contribution in [2.24, 2.45) is 5.16 Å². The Morgan fingerprint density at radius 2 is 1.83 bits per heavy atom. The molecule has 30 heavy (non-hydrogen) atoms. The quantitative estimate of drug-likeness (QED) is 0.648. The fraction of sp³-hybridized carbons (Fsp3) is 0.333. The van der Waals surface area contributed by atoms with E-state index < -0.39 is 28.1 Å². The SMILES string of the molecule is CO/N=C1\C[C@@H](C(=O)NC[C@@H](C)O)N(S(=O)(=O)c2ccc(-c3ccccc3)cc2)C1. The summed E-state index contributed by atoms with van der Waals surface area (Å²) in [5.74, 6) is -0.485. The summed E-state index contributed by atoms with van der Waals surface area (Å²) in [5.41, 5.74) is 2.33. The summed E-state index contributed by atoms with van der Waals surface area (Å²) in [6, 6.07) is 15.2. The van der Waals surface area contributed by atoms with Crippen LogP contribution in [0.5, 0.6) is 0 Å². The van der Waals surface area contributed by atoms with Crippen LogP contribution in [-0.2, 0) is 19.7 Å². The highest BCUT2D eigenvalue weighted by Crippen LogP contribution is 2.27. The van der Waals surface area contributed by atoms with E-state index in [2.05, 4.69) is 10.5 Å². The smallest absolute Gasteiger partial charge is 0.244 e. The van der Waals surface area contributed by atoms with Crippen LogP contribution in [0.1, 0.15) is 13.3 Å². The number of nitrogens with zero attached hydrogens (tertiary/aromatic N) is 2. The highest BCUT2D eigenvalue weighted by atomic mass is 32.2. The van der Waals surface area contributed by atoms with Crippen LogP contribution < -0.4 is 5.32 Å². The molecule has 160 valence electrons. The highest BCUT2D eigenvalue weighted by Gasteiger charge is 2.42. The third kappa shape index (κ3) is 4.86. The fourth-order valence-electron chi connectivity index (χ4n) is 3.30. The molecule has 0 spiro atoms. The predicted octanol–water partition coefficient (Wildman–Crippen LogP) is 1.62. The summed E-state index contributed by atoms with van der Waals surface area (Å²) in [7, 11) is -2.58. The summed E-state index contributed by atoms with van der Waals surface area (Å²) in [4.78, 5) is 17.5. The molecule has 1 heterocycles. The molecule has 1 aliphatic heterocycles. The van der Waals surface area contributed by atoms with Gasteiger partial charge in [0.25, 0.3) is 0 Å². The lowest BCUT2D eigenvalue weighted by atomic mass is 10.1. The number of rotatable bonds is 7. The van der Waals surface area contributed by atoms with Crippen LogP contribution in [0.25, 0.3) is 11.1 Å². The molecule has 2 aromatic rings. The molecule has 3 rings (SSSR count). The van der Waals surface area contributed by atoms with Crippen LogP contribution in [0.3, 0.4) is 0 Å². The number of benzene rings is 2. The lowest BCUT2D eigenvalue weighted by molar-refractivity contribution is -0.124. The summed E-state index contributed by atoms with van der Waals surface area (Å²) in [6.07, 6.45) is -0.612. The standard InChI is InChI=1S/C21H25N3O5S/c1-15(25)13-22-21(26)20-12-18(23-29-2)14-24(20)30(27,28)19-10-8-17(9-11-19)16-6-4-3-5-7-16/h3-11,15,20,25H,12-14H2,1-2H3,(H,22,26)/b23-18+/t15-,20+/m1/s1. The lowest BCUT2D eigenvalue weighted by Crippen LogP contribution is -2.47. The Balaban J connectivity index is 1.87. The minimum Gasteiger partial charge on any atom is -0.399 e. The molecule has 1 fully saturated rings. The van der Waals surface area contributed by atoms with E-state index in [-0.39, 0.29) is 24.4 Å². The van der Waals surface area contributed by atoms with Crippen LogP contribution >= 0.6 is 0 Å².